The van der Waals surface area contributed by atoms with Crippen molar-refractivity contribution in [1.29, 1.82) is 0 Å². The molecule has 0 spiro atoms. The SMILES string of the molecule is Cc1cc(C(=O)N(CC(=O)O)C(C)C)c2c(C(C)C)noc2n1. The minimum Gasteiger partial charge on any atom is -0.480 e. The van der Waals surface area contributed by atoms with Crippen LogP contribution in [0.2, 0.25) is 0 Å². The third-order valence-electron chi connectivity index (χ3n) is 3.57. The number of carbonyl (C=O) groups is 2. The van der Waals surface area contributed by atoms with Gasteiger partial charge in [0, 0.05) is 11.7 Å². The van der Waals surface area contributed by atoms with Gasteiger partial charge < -0.3 is 14.5 Å². The minimum absolute atomic E-state index is 0.0549. The van der Waals surface area contributed by atoms with Crippen LogP contribution in [-0.2, 0) is 4.79 Å². The largest absolute Gasteiger partial charge is 0.480 e. The lowest BCUT2D eigenvalue weighted by Crippen LogP contribution is -2.40. The van der Waals surface area contributed by atoms with Gasteiger partial charge >= 0.3 is 5.97 Å². The molecule has 0 aliphatic heterocycles. The van der Waals surface area contributed by atoms with Gasteiger partial charge in [-0.1, -0.05) is 19.0 Å². The second-order valence-corrected chi connectivity index (χ2v) is 6.13. The highest BCUT2D eigenvalue weighted by Crippen LogP contribution is 2.28. The van der Waals surface area contributed by atoms with Crippen LogP contribution in [0.3, 0.4) is 0 Å². The molecule has 2 aromatic heterocycles. The molecule has 2 heterocycles. The minimum atomic E-state index is -1.05. The first-order valence-corrected chi connectivity index (χ1v) is 7.52. The summed E-state index contributed by atoms with van der Waals surface area (Å²) in [5, 5.41) is 13.6. The summed E-state index contributed by atoms with van der Waals surface area (Å²) in [5.74, 6) is -1.36. The van der Waals surface area contributed by atoms with Gasteiger partial charge in [-0.15, -0.1) is 0 Å². The number of carboxylic acid groups (broad SMARTS) is 1. The van der Waals surface area contributed by atoms with Crippen molar-refractivity contribution >= 4 is 23.0 Å². The van der Waals surface area contributed by atoms with Crippen molar-refractivity contribution in [2.45, 2.75) is 46.6 Å². The molecule has 0 saturated heterocycles. The number of amides is 1. The summed E-state index contributed by atoms with van der Waals surface area (Å²) in [6.45, 7) is 8.85. The summed E-state index contributed by atoms with van der Waals surface area (Å²) in [6, 6.07) is 1.41. The standard InChI is InChI=1S/C16H21N3O4/c1-8(2)14-13-11(6-10(5)17-15(13)23-18-14)16(22)19(9(3)4)7-12(20)21/h6,8-9H,7H2,1-5H3,(H,20,21). The van der Waals surface area contributed by atoms with Crippen LogP contribution in [0.5, 0.6) is 0 Å². The van der Waals surface area contributed by atoms with Crippen LogP contribution in [-0.4, -0.2) is 44.6 Å². The predicted octanol–water partition coefficient (Wildman–Crippen LogP) is 2.59. The lowest BCUT2D eigenvalue weighted by molar-refractivity contribution is -0.138. The smallest absolute Gasteiger partial charge is 0.323 e. The number of aromatic nitrogens is 2. The van der Waals surface area contributed by atoms with Crippen LogP contribution in [0, 0.1) is 6.92 Å². The quantitative estimate of drug-likeness (QED) is 0.910. The van der Waals surface area contributed by atoms with Gasteiger partial charge in [0.1, 0.15) is 6.54 Å². The molecule has 0 radical (unpaired) electrons. The molecule has 1 amide bonds. The van der Waals surface area contributed by atoms with Gasteiger partial charge in [-0.05, 0) is 32.8 Å². The third-order valence-corrected chi connectivity index (χ3v) is 3.57. The van der Waals surface area contributed by atoms with Gasteiger partial charge in [-0.25, -0.2) is 4.98 Å². The van der Waals surface area contributed by atoms with Gasteiger partial charge in [0.15, 0.2) is 0 Å². The molecule has 0 fully saturated rings. The first kappa shape index (κ1) is 16.9. The number of carboxylic acids is 1. The molecule has 0 saturated carbocycles. The van der Waals surface area contributed by atoms with E-state index in [9.17, 15) is 9.59 Å². The fraction of sp³-hybridized carbons (Fsp3) is 0.500. The molecule has 2 rings (SSSR count). The maximum Gasteiger partial charge on any atom is 0.323 e. The Morgan fingerprint density at radius 2 is 1.96 bits per heavy atom. The van der Waals surface area contributed by atoms with E-state index < -0.39 is 5.97 Å². The Morgan fingerprint density at radius 1 is 1.30 bits per heavy atom. The summed E-state index contributed by atoms with van der Waals surface area (Å²) in [6.07, 6.45) is 0. The molecule has 0 aliphatic rings. The highest BCUT2D eigenvalue weighted by Gasteiger charge is 2.27. The normalized spacial score (nSPS) is 11.4. The molecule has 23 heavy (non-hydrogen) atoms. The topological polar surface area (TPSA) is 96.5 Å². The van der Waals surface area contributed by atoms with Gasteiger partial charge in [0.2, 0.25) is 0 Å². The summed E-state index contributed by atoms with van der Waals surface area (Å²) in [5.41, 5.74) is 1.95. The molecule has 124 valence electrons. The van der Waals surface area contributed by atoms with Crippen LogP contribution in [0.15, 0.2) is 10.6 Å². The van der Waals surface area contributed by atoms with Crippen LogP contribution in [0.4, 0.5) is 0 Å². The average Bonchev–Trinajstić information content (AvgIpc) is 2.86. The number of pyridine rings is 1. The monoisotopic (exact) mass is 319 g/mol. The Morgan fingerprint density at radius 3 is 2.48 bits per heavy atom. The zero-order valence-corrected chi connectivity index (χ0v) is 14.0. The fourth-order valence-corrected chi connectivity index (χ4v) is 2.45. The number of nitrogens with zero attached hydrogens (tertiary/aromatic N) is 3. The summed E-state index contributed by atoms with van der Waals surface area (Å²) < 4.78 is 5.26. The van der Waals surface area contributed by atoms with E-state index in [1.807, 2.05) is 13.8 Å². The van der Waals surface area contributed by atoms with Crippen molar-refractivity contribution in [3.63, 3.8) is 0 Å². The van der Waals surface area contributed by atoms with Crippen LogP contribution in [0.25, 0.3) is 11.1 Å². The van der Waals surface area contributed by atoms with Gasteiger partial charge in [0.05, 0.1) is 16.6 Å². The molecular weight excluding hydrogens is 298 g/mol. The first-order valence-electron chi connectivity index (χ1n) is 7.52. The molecular formula is C16H21N3O4. The van der Waals surface area contributed by atoms with Crippen molar-refractivity contribution < 1.29 is 19.2 Å². The van der Waals surface area contributed by atoms with E-state index in [0.717, 1.165) is 0 Å². The number of carbonyl (C=O) groups excluding carboxylic acids is 1. The molecule has 7 nitrogen and oxygen atoms in total. The molecule has 1 N–H and O–H groups in total. The number of hydrogen-bond acceptors (Lipinski definition) is 5. The Hall–Kier alpha value is -2.44. The Kier molecular flexibility index (Phi) is 4.68. The average molecular weight is 319 g/mol. The van der Waals surface area contributed by atoms with E-state index in [4.69, 9.17) is 9.63 Å². The molecule has 2 aromatic rings. The molecule has 0 aliphatic carbocycles. The van der Waals surface area contributed by atoms with Crippen LogP contribution < -0.4 is 0 Å². The second kappa shape index (κ2) is 6.36. The van der Waals surface area contributed by atoms with Crippen LogP contribution >= 0.6 is 0 Å². The Balaban J connectivity index is 2.62. The highest BCUT2D eigenvalue weighted by molar-refractivity contribution is 6.07. The number of rotatable bonds is 5. The molecule has 0 unspecified atom stereocenters. The number of aliphatic carboxylic acids is 1. The molecule has 0 bridgehead atoms. The van der Waals surface area contributed by atoms with Gasteiger partial charge in [0.25, 0.3) is 11.6 Å². The van der Waals surface area contributed by atoms with Crippen molar-refractivity contribution in [3.8, 4) is 0 Å². The van der Waals surface area contributed by atoms with E-state index in [1.54, 1.807) is 26.8 Å². The number of aryl methyl sites for hydroxylation is 1. The summed E-state index contributed by atoms with van der Waals surface area (Å²) in [7, 11) is 0. The maximum atomic E-state index is 12.9. The van der Waals surface area contributed by atoms with Crippen molar-refractivity contribution in [2.75, 3.05) is 6.54 Å². The lowest BCUT2D eigenvalue weighted by Gasteiger charge is -2.25. The number of hydrogen-bond donors (Lipinski definition) is 1. The van der Waals surface area contributed by atoms with Gasteiger partial charge in [-0.3, -0.25) is 9.59 Å². The fourth-order valence-electron chi connectivity index (χ4n) is 2.45. The van der Waals surface area contributed by atoms with E-state index in [1.165, 1.54) is 4.90 Å². The predicted molar refractivity (Wildman–Crippen MR) is 84.4 cm³/mol. The van der Waals surface area contributed by atoms with E-state index in [2.05, 4.69) is 10.1 Å². The zero-order valence-electron chi connectivity index (χ0n) is 14.0. The van der Waals surface area contributed by atoms with E-state index in [-0.39, 0.29) is 24.4 Å². The molecule has 0 aromatic carbocycles. The highest BCUT2D eigenvalue weighted by atomic mass is 16.5. The third kappa shape index (κ3) is 3.33. The Bertz CT molecular complexity index is 749. The first-order chi connectivity index (χ1) is 10.7. The van der Waals surface area contributed by atoms with E-state index >= 15 is 0 Å². The Labute approximate surface area is 134 Å². The maximum absolute atomic E-state index is 12.9. The van der Waals surface area contributed by atoms with E-state index in [0.29, 0.717) is 28.1 Å². The summed E-state index contributed by atoms with van der Waals surface area (Å²) >= 11 is 0. The zero-order chi connectivity index (χ0) is 17.3. The molecule has 7 heteroatoms. The number of fused-ring (bicyclic) bond motifs is 1. The van der Waals surface area contributed by atoms with Crippen molar-refractivity contribution in [1.82, 2.24) is 15.0 Å². The summed E-state index contributed by atoms with van der Waals surface area (Å²) in [4.78, 5) is 29.6. The van der Waals surface area contributed by atoms with Gasteiger partial charge in [-0.2, -0.15) is 0 Å². The lowest BCUT2D eigenvalue weighted by atomic mass is 10.0. The van der Waals surface area contributed by atoms with Crippen molar-refractivity contribution in [3.05, 3.63) is 23.0 Å². The molecule has 0 atom stereocenters. The van der Waals surface area contributed by atoms with Crippen molar-refractivity contribution in [2.24, 2.45) is 0 Å². The van der Waals surface area contributed by atoms with Crippen LogP contribution in [0.1, 0.15) is 55.4 Å². The second-order valence-electron chi connectivity index (χ2n) is 6.13.